The molecule has 2 nitrogen and oxygen atoms in total. The van der Waals surface area contributed by atoms with Crippen LogP contribution in [-0.4, -0.2) is 6.29 Å². The number of hydrogen-bond donors (Lipinski definition) is 0. The molecule has 94 valence electrons. The Hall–Kier alpha value is -1.81. The molecule has 0 N–H and O–H groups in total. The number of ether oxygens (including phenoxy) is 2. The molecule has 0 aliphatic heterocycles. The largest absolute Gasteiger partial charge is 0.586 e. The van der Waals surface area contributed by atoms with Crippen LogP contribution in [0.2, 0.25) is 5.02 Å². The van der Waals surface area contributed by atoms with Gasteiger partial charge < -0.3 is 9.47 Å². The minimum absolute atomic E-state index is 0.0245. The highest BCUT2D eigenvalue weighted by Crippen LogP contribution is 2.26. The van der Waals surface area contributed by atoms with Crippen molar-refractivity contribution < 1.29 is 18.3 Å². The third-order valence-corrected chi connectivity index (χ3v) is 2.28. The molecule has 0 saturated carbocycles. The molecule has 0 atom stereocenters. The van der Waals surface area contributed by atoms with Crippen LogP contribution in [0.15, 0.2) is 54.6 Å². The monoisotopic (exact) mass is 270 g/mol. The number of rotatable bonds is 4. The smallest absolute Gasteiger partial charge is 0.399 e. The van der Waals surface area contributed by atoms with Crippen molar-refractivity contribution >= 4 is 11.6 Å². The molecule has 0 heterocycles. The average molecular weight is 271 g/mol. The van der Waals surface area contributed by atoms with Crippen LogP contribution in [0.5, 0.6) is 11.5 Å². The van der Waals surface area contributed by atoms with E-state index in [1.165, 1.54) is 36.4 Å². The third kappa shape index (κ3) is 3.60. The van der Waals surface area contributed by atoms with Crippen LogP contribution < -0.4 is 9.47 Å². The first-order chi connectivity index (χ1) is 8.55. The molecule has 0 amide bonds. The van der Waals surface area contributed by atoms with Crippen LogP contribution in [0.3, 0.4) is 0 Å². The Kier molecular flexibility index (Phi) is 3.67. The van der Waals surface area contributed by atoms with Gasteiger partial charge in [-0.05, 0) is 36.4 Å². The Morgan fingerprint density at radius 1 is 0.778 bits per heavy atom. The van der Waals surface area contributed by atoms with Crippen molar-refractivity contribution in [3.8, 4) is 11.5 Å². The predicted molar refractivity (Wildman–Crippen MR) is 64.1 cm³/mol. The fraction of sp³-hybridized carbons (Fsp3) is 0.0769. The molecule has 2 aromatic carbocycles. The molecule has 18 heavy (non-hydrogen) atoms. The summed E-state index contributed by atoms with van der Waals surface area (Å²) in [6, 6.07) is 13.3. The molecule has 0 aliphatic rings. The Morgan fingerprint density at radius 2 is 1.28 bits per heavy atom. The van der Waals surface area contributed by atoms with E-state index in [1.807, 2.05) is 0 Å². The van der Waals surface area contributed by atoms with Crippen LogP contribution >= 0.6 is 11.6 Å². The molecule has 2 rings (SSSR count). The topological polar surface area (TPSA) is 18.5 Å². The van der Waals surface area contributed by atoms with Gasteiger partial charge in [0.05, 0.1) is 0 Å². The van der Waals surface area contributed by atoms with Crippen molar-refractivity contribution in [3.05, 3.63) is 59.6 Å². The van der Waals surface area contributed by atoms with Gasteiger partial charge >= 0.3 is 6.29 Å². The summed E-state index contributed by atoms with van der Waals surface area (Å²) >= 11 is 5.64. The maximum absolute atomic E-state index is 13.4. The Bertz CT molecular complexity index is 500. The first-order valence-corrected chi connectivity index (χ1v) is 5.49. The third-order valence-electron chi connectivity index (χ3n) is 2.03. The van der Waals surface area contributed by atoms with Gasteiger partial charge in [-0.1, -0.05) is 29.8 Å². The Balaban J connectivity index is 2.05. The molecule has 0 radical (unpaired) electrons. The molecule has 0 saturated heterocycles. The van der Waals surface area contributed by atoms with Crippen LogP contribution in [0, 0.1) is 0 Å². The van der Waals surface area contributed by atoms with E-state index in [0.29, 0.717) is 5.02 Å². The summed E-state index contributed by atoms with van der Waals surface area (Å²) in [7, 11) is 0. The molecule has 0 unspecified atom stereocenters. The van der Waals surface area contributed by atoms with E-state index < -0.39 is 6.29 Å². The Labute approximate surface area is 108 Å². The second kappa shape index (κ2) is 5.23. The standard InChI is InChI=1S/C13H9ClF2O2/c14-10-6-8-12(9-7-10)18-13(15,16)17-11-4-2-1-3-5-11/h1-9H. The maximum Gasteiger partial charge on any atom is 0.586 e. The van der Waals surface area contributed by atoms with Gasteiger partial charge in [-0.15, -0.1) is 8.78 Å². The summed E-state index contributed by atoms with van der Waals surface area (Å²) in [6.45, 7) is 0. The summed E-state index contributed by atoms with van der Waals surface area (Å²) in [5, 5.41) is 0.439. The van der Waals surface area contributed by atoms with E-state index in [1.54, 1.807) is 18.2 Å². The van der Waals surface area contributed by atoms with E-state index >= 15 is 0 Å². The highest BCUT2D eigenvalue weighted by Gasteiger charge is 2.35. The highest BCUT2D eigenvalue weighted by molar-refractivity contribution is 6.30. The molecular weight excluding hydrogens is 262 g/mol. The normalized spacial score (nSPS) is 11.1. The van der Waals surface area contributed by atoms with E-state index in [-0.39, 0.29) is 11.5 Å². The number of halogens is 3. The van der Waals surface area contributed by atoms with E-state index in [0.717, 1.165) is 0 Å². The highest BCUT2D eigenvalue weighted by atomic mass is 35.5. The second-order valence-electron chi connectivity index (χ2n) is 3.43. The fourth-order valence-corrected chi connectivity index (χ4v) is 1.41. The zero-order valence-corrected chi connectivity index (χ0v) is 9.90. The van der Waals surface area contributed by atoms with Gasteiger partial charge in [0.1, 0.15) is 11.5 Å². The van der Waals surface area contributed by atoms with Crippen molar-refractivity contribution in [1.29, 1.82) is 0 Å². The lowest BCUT2D eigenvalue weighted by atomic mass is 10.3. The molecule has 2 aromatic rings. The van der Waals surface area contributed by atoms with Gasteiger partial charge in [-0.25, -0.2) is 0 Å². The van der Waals surface area contributed by atoms with Crippen molar-refractivity contribution in [1.82, 2.24) is 0 Å². The SMILES string of the molecule is FC(F)(Oc1ccccc1)Oc1ccc(Cl)cc1. The number of hydrogen-bond acceptors (Lipinski definition) is 2. The van der Waals surface area contributed by atoms with Gasteiger partial charge in [0.15, 0.2) is 0 Å². The average Bonchev–Trinajstić information content (AvgIpc) is 2.32. The minimum Gasteiger partial charge on any atom is -0.399 e. The lowest BCUT2D eigenvalue weighted by molar-refractivity contribution is -0.308. The predicted octanol–water partition coefficient (Wildman–Crippen LogP) is 4.35. The van der Waals surface area contributed by atoms with E-state index in [4.69, 9.17) is 11.6 Å². The van der Waals surface area contributed by atoms with Crippen molar-refractivity contribution in [2.24, 2.45) is 0 Å². The van der Waals surface area contributed by atoms with Crippen molar-refractivity contribution in [2.45, 2.75) is 6.29 Å². The summed E-state index contributed by atoms with van der Waals surface area (Å²) < 4.78 is 35.7. The molecule has 0 aliphatic carbocycles. The number of benzene rings is 2. The number of alkyl halides is 2. The summed E-state index contributed by atoms with van der Waals surface area (Å²) in [5.74, 6) is -0.00297. The zero-order valence-electron chi connectivity index (χ0n) is 9.15. The zero-order chi connectivity index (χ0) is 13.0. The van der Waals surface area contributed by atoms with Crippen molar-refractivity contribution in [3.63, 3.8) is 0 Å². The van der Waals surface area contributed by atoms with Crippen LogP contribution in [0.25, 0.3) is 0 Å². The van der Waals surface area contributed by atoms with Gasteiger partial charge in [-0.2, -0.15) is 0 Å². The molecule has 0 fully saturated rings. The minimum atomic E-state index is -3.74. The van der Waals surface area contributed by atoms with Crippen LogP contribution in [-0.2, 0) is 0 Å². The molecule has 0 aromatic heterocycles. The van der Waals surface area contributed by atoms with Gasteiger partial charge in [0.2, 0.25) is 0 Å². The van der Waals surface area contributed by atoms with Gasteiger partial charge in [0.25, 0.3) is 0 Å². The van der Waals surface area contributed by atoms with Gasteiger partial charge in [0, 0.05) is 5.02 Å². The van der Waals surface area contributed by atoms with E-state index in [9.17, 15) is 8.78 Å². The van der Waals surface area contributed by atoms with Crippen LogP contribution in [0.1, 0.15) is 0 Å². The maximum atomic E-state index is 13.4. The molecule has 0 spiro atoms. The molecular formula is C13H9ClF2O2. The first kappa shape index (κ1) is 12.6. The Morgan fingerprint density at radius 3 is 1.83 bits per heavy atom. The summed E-state index contributed by atoms with van der Waals surface area (Å²) in [6.07, 6.45) is -3.74. The lowest BCUT2D eigenvalue weighted by Crippen LogP contribution is -2.31. The molecule has 5 heteroatoms. The van der Waals surface area contributed by atoms with Crippen LogP contribution in [0.4, 0.5) is 8.78 Å². The first-order valence-electron chi connectivity index (χ1n) is 5.12. The van der Waals surface area contributed by atoms with Gasteiger partial charge in [-0.3, -0.25) is 0 Å². The number of para-hydroxylation sites is 1. The summed E-state index contributed by atoms with van der Waals surface area (Å²) in [5.41, 5.74) is 0. The quantitative estimate of drug-likeness (QED) is 0.769. The fourth-order valence-electron chi connectivity index (χ4n) is 1.29. The summed E-state index contributed by atoms with van der Waals surface area (Å²) in [4.78, 5) is 0. The van der Waals surface area contributed by atoms with E-state index in [2.05, 4.69) is 9.47 Å². The second-order valence-corrected chi connectivity index (χ2v) is 3.87. The van der Waals surface area contributed by atoms with Crippen molar-refractivity contribution in [2.75, 3.05) is 0 Å². The molecule has 0 bridgehead atoms. The lowest BCUT2D eigenvalue weighted by Gasteiger charge is -2.18.